The number of hydrogen-bond acceptors (Lipinski definition) is 3. The zero-order chi connectivity index (χ0) is 16.0. The van der Waals surface area contributed by atoms with Crippen LogP contribution in [-0.2, 0) is 25.8 Å². The minimum absolute atomic E-state index is 0.0794. The summed E-state index contributed by atoms with van der Waals surface area (Å²) in [5.74, 6) is -0.846. The number of amides is 1. The topological polar surface area (TPSA) is 57.6 Å². The first-order chi connectivity index (χ1) is 11.1. The van der Waals surface area contributed by atoms with E-state index < -0.39 is 5.97 Å². The Morgan fingerprint density at radius 1 is 1.04 bits per heavy atom. The van der Waals surface area contributed by atoms with E-state index in [1.165, 1.54) is 16.9 Å². The number of aromatic carboxylic acids is 1. The molecule has 4 nitrogen and oxygen atoms in total. The van der Waals surface area contributed by atoms with Crippen molar-refractivity contribution in [2.24, 2.45) is 0 Å². The van der Waals surface area contributed by atoms with Crippen molar-refractivity contribution in [3.05, 3.63) is 56.3 Å². The second-order valence-electron chi connectivity index (χ2n) is 6.18. The molecular formula is C18H17NO3S. The Bertz CT molecular complexity index is 787. The molecule has 23 heavy (non-hydrogen) atoms. The predicted molar refractivity (Wildman–Crippen MR) is 88.2 cm³/mol. The minimum Gasteiger partial charge on any atom is -0.478 e. The largest absolute Gasteiger partial charge is 0.478 e. The standard InChI is InChI=1S/C18H17NO3S/c20-17(16-9-12-2-1-3-15(12)23-16)19-7-6-11-4-5-13(18(21)22)8-14(11)10-19/h4-5,8-9H,1-3,6-7,10H2,(H,21,22). The van der Waals surface area contributed by atoms with Crippen molar-refractivity contribution in [3.8, 4) is 0 Å². The molecule has 1 N–H and O–H groups in total. The first kappa shape index (κ1) is 14.5. The molecule has 1 aliphatic carbocycles. The molecule has 1 aromatic heterocycles. The number of carbonyl (C=O) groups excluding carboxylic acids is 1. The lowest BCUT2D eigenvalue weighted by Gasteiger charge is -2.28. The Kier molecular flexibility index (Phi) is 3.45. The molecule has 1 aliphatic heterocycles. The van der Waals surface area contributed by atoms with E-state index in [4.69, 9.17) is 5.11 Å². The monoisotopic (exact) mass is 327 g/mol. The van der Waals surface area contributed by atoms with E-state index in [9.17, 15) is 9.59 Å². The smallest absolute Gasteiger partial charge is 0.335 e. The van der Waals surface area contributed by atoms with Crippen LogP contribution in [0.2, 0.25) is 0 Å². The van der Waals surface area contributed by atoms with Crippen molar-refractivity contribution in [2.75, 3.05) is 6.54 Å². The molecule has 4 rings (SSSR count). The Morgan fingerprint density at radius 3 is 2.70 bits per heavy atom. The third-order valence-corrected chi connectivity index (χ3v) is 5.94. The lowest BCUT2D eigenvalue weighted by molar-refractivity contribution is 0.0696. The Labute approximate surface area is 138 Å². The summed E-state index contributed by atoms with van der Waals surface area (Å²) in [5, 5.41) is 9.13. The van der Waals surface area contributed by atoms with Crippen molar-refractivity contribution in [3.63, 3.8) is 0 Å². The quantitative estimate of drug-likeness (QED) is 0.922. The van der Waals surface area contributed by atoms with Crippen molar-refractivity contribution >= 4 is 23.2 Å². The maximum Gasteiger partial charge on any atom is 0.335 e. The molecule has 0 bridgehead atoms. The molecule has 0 unspecified atom stereocenters. The Hall–Kier alpha value is -2.14. The van der Waals surface area contributed by atoms with E-state index in [0.717, 1.165) is 35.3 Å². The van der Waals surface area contributed by atoms with Crippen LogP contribution in [0.1, 0.15) is 48.0 Å². The van der Waals surface area contributed by atoms with Crippen molar-refractivity contribution < 1.29 is 14.7 Å². The summed E-state index contributed by atoms with van der Waals surface area (Å²) < 4.78 is 0. The van der Waals surface area contributed by atoms with Gasteiger partial charge in [-0.1, -0.05) is 6.07 Å². The summed E-state index contributed by atoms with van der Waals surface area (Å²) in [7, 11) is 0. The fourth-order valence-corrected chi connectivity index (χ4v) is 4.68. The van der Waals surface area contributed by atoms with Gasteiger partial charge in [0.15, 0.2) is 0 Å². The van der Waals surface area contributed by atoms with Crippen LogP contribution < -0.4 is 0 Å². The number of carbonyl (C=O) groups is 2. The van der Waals surface area contributed by atoms with E-state index in [0.29, 0.717) is 13.1 Å². The van der Waals surface area contributed by atoms with Gasteiger partial charge in [0.05, 0.1) is 10.4 Å². The molecule has 2 heterocycles. The molecule has 0 saturated heterocycles. The average Bonchev–Trinajstić information content (AvgIpc) is 3.14. The molecule has 0 spiro atoms. The number of nitrogens with zero attached hydrogens (tertiary/aromatic N) is 1. The highest BCUT2D eigenvalue weighted by molar-refractivity contribution is 7.14. The van der Waals surface area contributed by atoms with Crippen LogP contribution in [0.15, 0.2) is 24.3 Å². The zero-order valence-electron chi connectivity index (χ0n) is 12.7. The number of aryl methyl sites for hydroxylation is 2. The van der Waals surface area contributed by atoms with Crippen LogP contribution in [0.3, 0.4) is 0 Å². The molecule has 0 radical (unpaired) electrons. The Morgan fingerprint density at radius 2 is 1.91 bits per heavy atom. The van der Waals surface area contributed by atoms with Crippen LogP contribution in [0.25, 0.3) is 0 Å². The predicted octanol–water partition coefficient (Wildman–Crippen LogP) is 3.13. The second kappa shape index (κ2) is 5.49. The van der Waals surface area contributed by atoms with Gasteiger partial charge in [-0.15, -0.1) is 11.3 Å². The van der Waals surface area contributed by atoms with E-state index >= 15 is 0 Å². The van der Waals surface area contributed by atoms with Crippen LogP contribution in [-0.4, -0.2) is 28.4 Å². The van der Waals surface area contributed by atoms with E-state index in [-0.39, 0.29) is 11.5 Å². The van der Waals surface area contributed by atoms with E-state index in [2.05, 4.69) is 6.07 Å². The number of carboxylic acid groups (broad SMARTS) is 1. The normalized spacial score (nSPS) is 16.1. The number of fused-ring (bicyclic) bond motifs is 2. The maximum absolute atomic E-state index is 12.8. The molecule has 5 heteroatoms. The van der Waals surface area contributed by atoms with Crippen LogP contribution >= 0.6 is 11.3 Å². The fourth-order valence-electron chi connectivity index (χ4n) is 3.45. The summed E-state index contributed by atoms with van der Waals surface area (Å²) in [5.41, 5.74) is 3.72. The zero-order valence-corrected chi connectivity index (χ0v) is 13.5. The molecule has 118 valence electrons. The van der Waals surface area contributed by atoms with Crippen LogP contribution in [0, 0.1) is 0 Å². The SMILES string of the molecule is O=C(O)c1ccc2c(c1)CN(C(=O)c1cc3c(s1)CCC3)CC2. The minimum atomic E-state index is -0.925. The number of hydrogen-bond donors (Lipinski definition) is 1. The Balaban J connectivity index is 1.57. The number of carboxylic acids is 1. The fraction of sp³-hybridized carbons (Fsp3) is 0.333. The summed E-state index contributed by atoms with van der Waals surface area (Å²) >= 11 is 1.63. The van der Waals surface area contributed by atoms with Gasteiger partial charge in [-0.05, 0) is 60.6 Å². The third-order valence-electron chi connectivity index (χ3n) is 4.71. The molecule has 1 aromatic carbocycles. The molecule has 1 amide bonds. The van der Waals surface area contributed by atoms with Gasteiger partial charge in [0.1, 0.15) is 0 Å². The van der Waals surface area contributed by atoms with Gasteiger partial charge >= 0.3 is 5.97 Å². The highest BCUT2D eigenvalue weighted by Gasteiger charge is 2.25. The van der Waals surface area contributed by atoms with Gasteiger partial charge in [-0.2, -0.15) is 0 Å². The number of thiophene rings is 1. The molecule has 0 fully saturated rings. The van der Waals surface area contributed by atoms with Gasteiger partial charge in [0, 0.05) is 18.0 Å². The molecule has 2 aliphatic rings. The van der Waals surface area contributed by atoms with E-state index in [1.807, 2.05) is 11.0 Å². The summed E-state index contributed by atoms with van der Waals surface area (Å²) in [4.78, 5) is 27.9. The van der Waals surface area contributed by atoms with E-state index in [1.54, 1.807) is 23.5 Å². The summed E-state index contributed by atoms with van der Waals surface area (Å²) in [6, 6.07) is 7.27. The number of rotatable bonds is 2. The third kappa shape index (κ3) is 2.55. The van der Waals surface area contributed by atoms with Crippen molar-refractivity contribution in [2.45, 2.75) is 32.2 Å². The highest BCUT2D eigenvalue weighted by Crippen LogP contribution is 2.32. The van der Waals surface area contributed by atoms with Crippen molar-refractivity contribution in [1.29, 1.82) is 0 Å². The summed E-state index contributed by atoms with van der Waals surface area (Å²) in [6.45, 7) is 1.19. The van der Waals surface area contributed by atoms with Crippen LogP contribution in [0.5, 0.6) is 0 Å². The molecule has 0 atom stereocenters. The maximum atomic E-state index is 12.8. The van der Waals surface area contributed by atoms with Gasteiger partial charge in [0.2, 0.25) is 0 Å². The molecular weight excluding hydrogens is 310 g/mol. The van der Waals surface area contributed by atoms with Crippen LogP contribution in [0.4, 0.5) is 0 Å². The first-order valence-corrected chi connectivity index (χ1v) is 8.69. The van der Waals surface area contributed by atoms with Gasteiger partial charge in [0.25, 0.3) is 5.91 Å². The average molecular weight is 327 g/mol. The second-order valence-corrected chi connectivity index (χ2v) is 7.31. The lowest BCUT2D eigenvalue weighted by Crippen LogP contribution is -2.35. The molecule has 0 saturated carbocycles. The summed E-state index contributed by atoms with van der Waals surface area (Å²) in [6.07, 6.45) is 4.17. The van der Waals surface area contributed by atoms with Gasteiger partial charge in [-0.3, -0.25) is 4.79 Å². The first-order valence-electron chi connectivity index (χ1n) is 7.88. The molecule has 2 aromatic rings. The number of benzene rings is 1. The lowest BCUT2D eigenvalue weighted by atomic mass is 9.97. The van der Waals surface area contributed by atoms with Crippen molar-refractivity contribution in [1.82, 2.24) is 4.90 Å². The van der Waals surface area contributed by atoms with Gasteiger partial charge < -0.3 is 10.0 Å². The van der Waals surface area contributed by atoms with Gasteiger partial charge in [-0.25, -0.2) is 4.79 Å². The highest BCUT2D eigenvalue weighted by atomic mass is 32.1.